The van der Waals surface area contributed by atoms with Crippen LogP contribution in [0.15, 0.2) is 34.9 Å². The molecule has 1 atom stereocenters. The predicted octanol–water partition coefficient (Wildman–Crippen LogP) is 3.51. The third-order valence-electron chi connectivity index (χ3n) is 3.32. The number of nitrogens with zero attached hydrogens (tertiary/aromatic N) is 1. The minimum atomic E-state index is -0.262. The molecule has 1 unspecified atom stereocenters. The van der Waals surface area contributed by atoms with Crippen LogP contribution in [-0.4, -0.2) is 17.7 Å². The number of carbonyl (C=O) groups excluding carboxylic acids is 1. The Hall–Kier alpha value is -2.30. The summed E-state index contributed by atoms with van der Waals surface area (Å²) in [5, 5.41) is 6.33. The zero-order chi connectivity index (χ0) is 15.2. The van der Waals surface area contributed by atoms with Gasteiger partial charge in [0.1, 0.15) is 11.5 Å². The molecule has 1 amide bonds. The highest BCUT2D eigenvalue weighted by molar-refractivity contribution is 5.90. The molecule has 112 valence electrons. The number of carbonyl (C=O) groups is 1. The highest BCUT2D eigenvalue weighted by atomic mass is 16.5. The van der Waals surface area contributed by atoms with E-state index < -0.39 is 0 Å². The second-order valence-electron chi connectivity index (χ2n) is 5.01. The summed E-state index contributed by atoms with van der Waals surface area (Å²) in [5.41, 5.74) is 1.12. The molecule has 0 aliphatic heterocycles. The Balaban J connectivity index is 1.95. The summed E-state index contributed by atoms with van der Waals surface area (Å²) >= 11 is 0. The maximum atomic E-state index is 11.8. The number of hydrogen-bond donors (Lipinski definition) is 1. The van der Waals surface area contributed by atoms with Crippen LogP contribution in [-0.2, 0) is 4.79 Å². The monoisotopic (exact) mass is 288 g/mol. The summed E-state index contributed by atoms with van der Waals surface area (Å²) in [6.07, 6.45) is 1.02. The number of rotatable bonds is 6. The number of aromatic nitrogens is 1. The molecule has 0 aliphatic rings. The van der Waals surface area contributed by atoms with Gasteiger partial charge in [0, 0.05) is 6.07 Å². The fourth-order valence-corrected chi connectivity index (χ4v) is 1.99. The topological polar surface area (TPSA) is 64.4 Å². The van der Waals surface area contributed by atoms with Gasteiger partial charge < -0.3 is 14.6 Å². The zero-order valence-electron chi connectivity index (χ0n) is 12.6. The van der Waals surface area contributed by atoms with Crippen molar-refractivity contribution in [3.8, 4) is 5.75 Å². The van der Waals surface area contributed by atoms with Gasteiger partial charge in [-0.1, -0.05) is 37.2 Å². The van der Waals surface area contributed by atoms with Gasteiger partial charge in [-0.25, -0.2) is 0 Å². The number of nitrogens with one attached hydrogen (secondary N) is 1. The smallest absolute Gasteiger partial charge is 0.263 e. The number of para-hydroxylation sites is 1. The van der Waals surface area contributed by atoms with E-state index in [1.807, 2.05) is 24.3 Å². The van der Waals surface area contributed by atoms with Gasteiger partial charge in [-0.2, -0.15) is 0 Å². The molecule has 1 heterocycles. The Labute approximate surface area is 124 Å². The van der Waals surface area contributed by atoms with Crippen molar-refractivity contribution in [1.29, 1.82) is 0 Å². The molecule has 5 nitrogen and oxygen atoms in total. The molecule has 1 N–H and O–H groups in total. The third kappa shape index (κ3) is 4.08. The summed E-state index contributed by atoms with van der Waals surface area (Å²) in [4.78, 5) is 11.8. The molecule has 0 fully saturated rings. The van der Waals surface area contributed by atoms with Gasteiger partial charge in [0.25, 0.3) is 5.91 Å². The lowest BCUT2D eigenvalue weighted by Gasteiger charge is -2.15. The lowest BCUT2D eigenvalue weighted by molar-refractivity contribution is -0.118. The lowest BCUT2D eigenvalue weighted by Crippen LogP contribution is -2.20. The lowest BCUT2D eigenvalue weighted by atomic mass is 9.98. The van der Waals surface area contributed by atoms with Crippen LogP contribution in [0.4, 0.5) is 5.82 Å². The standard InChI is InChI=1S/C16H20N2O3/c1-4-11(2)13-7-5-6-8-14(13)20-10-16(19)17-15-9-12(3)21-18-15/h5-9,11H,4,10H2,1-3H3,(H,17,18,19). The number of aryl methyl sites for hydroxylation is 1. The number of amides is 1. The molecule has 0 spiro atoms. The van der Waals surface area contributed by atoms with Crippen molar-refractivity contribution in [2.75, 3.05) is 11.9 Å². The molecule has 0 aliphatic carbocycles. The Morgan fingerprint density at radius 1 is 1.43 bits per heavy atom. The van der Waals surface area contributed by atoms with Crippen LogP contribution in [0.1, 0.15) is 37.5 Å². The summed E-state index contributed by atoms with van der Waals surface area (Å²) in [7, 11) is 0. The maximum absolute atomic E-state index is 11.8. The zero-order valence-corrected chi connectivity index (χ0v) is 12.6. The van der Waals surface area contributed by atoms with Crippen LogP contribution in [0, 0.1) is 6.92 Å². The van der Waals surface area contributed by atoms with E-state index in [2.05, 4.69) is 24.3 Å². The minimum absolute atomic E-state index is 0.0562. The molecular weight excluding hydrogens is 268 g/mol. The fourth-order valence-electron chi connectivity index (χ4n) is 1.99. The maximum Gasteiger partial charge on any atom is 0.263 e. The first-order valence-electron chi connectivity index (χ1n) is 7.05. The van der Waals surface area contributed by atoms with Crippen LogP contribution in [0.3, 0.4) is 0 Å². The third-order valence-corrected chi connectivity index (χ3v) is 3.32. The van der Waals surface area contributed by atoms with Gasteiger partial charge >= 0.3 is 0 Å². The Morgan fingerprint density at radius 3 is 2.86 bits per heavy atom. The molecule has 5 heteroatoms. The predicted molar refractivity (Wildman–Crippen MR) is 80.5 cm³/mol. The van der Waals surface area contributed by atoms with Crippen molar-refractivity contribution in [2.24, 2.45) is 0 Å². The fraction of sp³-hybridized carbons (Fsp3) is 0.375. The van der Waals surface area contributed by atoms with E-state index in [1.165, 1.54) is 0 Å². The molecule has 1 aromatic heterocycles. The number of benzene rings is 1. The van der Waals surface area contributed by atoms with Gasteiger partial charge in [0.15, 0.2) is 12.4 Å². The first-order chi connectivity index (χ1) is 10.1. The second kappa shape index (κ2) is 6.92. The second-order valence-corrected chi connectivity index (χ2v) is 5.01. The van der Waals surface area contributed by atoms with E-state index >= 15 is 0 Å². The molecule has 2 rings (SSSR count). The molecule has 0 saturated carbocycles. The van der Waals surface area contributed by atoms with Crippen molar-refractivity contribution in [1.82, 2.24) is 5.16 Å². The molecular formula is C16H20N2O3. The molecule has 0 saturated heterocycles. The van der Waals surface area contributed by atoms with Gasteiger partial charge in [-0.05, 0) is 30.9 Å². The first kappa shape index (κ1) is 15.1. The van der Waals surface area contributed by atoms with Crippen molar-refractivity contribution in [3.63, 3.8) is 0 Å². The van der Waals surface area contributed by atoms with E-state index in [-0.39, 0.29) is 12.5 Å². The average molecular weight is 288 g/mol. The summed E-state index contributed by atoms with van der Waals surface area (Å²) in [5.74, 6) is 1.92. The Kier molecular flexibility index (Phi) is 4.98. The Bertz CT molecular complexity index is 607. The normalized spacial score (nSPS) is 12.0. The largest absolute Gasteiger partial charge is 0.483 e. The van der Waals surface area contributed by atoms with Crippen molar-refractivity contribution >= 4 is 11.7 Å². The highest BCUT2D eigenvalue weighted by Gasteiger charge is 2.12. The quantitative estimate of drug-likeness (QED) is 0.883. The highest BCUT2D eigenvalue weighted by Crippen LogP contribution is 2.28. The molecule has 2 aromatic rings. The minimum Gasteiger partial charge on any atom is -0.483 e. The first-order valence-corrected chi connectivity index (χ1v) is 7.05. The van der Waals surface area contributed by atoms with Crippen LogP contribution in [0.5, 0.6) is 5.75 Å². The average Bonchev–Trinajstić information content (AvgIpc) is 2.89. The SMILES string of the molecule is CCC(C)c1ccccc1OCC(=O)Nc1cc(C)on1. The number of anilines is 1. The van der Waals surface area contributed by atoms with E-state index in [0.29, 0.717) is 17.5 Å². The molecule has 0 bridgehead atoms. The van der Waals surface area contributed by atoms with E-state index in [1.54, 1.807) is 13.0 Å². The number of ether oxygens (including phenoxy) is 1. The van der Waals surface area contributed by atoms with Crippen molar-refractivity contribution in [2.45, 2.75) is 33.1 Å². The van der Waals surface area contributed by atoms with Crippen LogP contribution >= 0.6 is 0 Å². The van der Waals surface area contributed by atoms with Crippen LogP contribution in [0.2, 0.25) is 0 Å². The van der Waals surface area contributed by atoms with Crippen LogP contribution < -0.4 is 10.1 Å². The van der Waals surface area contributed by atoms with Crippen molar-refractivity contribution < 1.29 is 14.1 Å². The van der Waals surface area contributed by atoms with Crippen molar-refractivity contribution in [3.05, 3.63) is 41.7 Å². The Morgan fingerprint density at radius 2 is 2.19 bits per heavy atom. The van der Waals surface area contributed by atoms with Gasteiger partial charge in [0.05, 0.1) is 0 Å². The van der Waals surface area contributed by atoms with E-state index in [4.69, 9.17) is 9.26 Å². The summed E-state index contributed by atoms with van der Waals surface area (Å²) in [6, 6.07) is 9.45. The van der Waals surface area contributed by atoms with E-state index in [0.717, 1.165) is 17.7 Å². The van der Waals surface area contributed by atoms with Crippen LogP contribution in [0.25, 0.3) is 0 Å². The van der Waals surface area contributed by atoms with Gasteiger partial charge in [0.2, 0.25) is 0 Å². The molecule has 21 heavy (non-hydrogen) atoms. The number of hydrogen-bond acceptors (Lipinski definition) is 4. The molecule has 0 radical (unpaired) electrons. The van der Waals surface area contributed by atoms with Gasteiger partial charge in [-0.3, -0.25) is 4.79 Å². The summed E-state index contributed by atoms with van der Waals surface area (Å²) < 4.78 is 10.5. The molecule has 1 aromatic carbocycles. The summed E-state index contributed by atoms with van der Waals surface area (Å²) in [6.45, 7) is 5.97. The van der Waals surface area contributed by atoms with Gasteiger partial charge in [-0.15, -0.1) is 0 Å². The van der Waals surface area contributed by atoms with E-state index in [9.17, 15) is 4.79 Å².